The molecule has 1 fully saturated rings. The van der Waals surface area contributed by atoms with E-state index < -0.39 is 11.7 Å². The van der Waals surface area contributed by atoms with Crippen LogP contribution in [0.5, 0.6) is 0 Å². The molecule has 2 heterocycles. The minimum Gasteiger partial charge on any atom is -0.355 e. The number of anilines is 1. The second-order valence-corrected chi connectivity index (χ2v) is 11.4. The summed E-state index contributed by atoms with van der Waals surface area (Å²) < 4.78 is 41.5. The minimum absolute atomic E-state index is 0.156. The van der Waals surface area contributed by atoms with Gasteiger partial charge >= 0.3 is 6.18 Å². The number of hydrogen-bond donors (Lipinski definition) is 2. The van der Waals surface area contributed by atoms with Gasteiger partial charge in [0.15, 0.2) is 0 Å². The van der Waals surface area contributed by atoms with E-state index in [0.29, 0.717) is 17.2 Å². The van der Waals surface area contributed by atoms with Crippen LogP contribution in [-0.2, 0) is 17.4 Å². The molecule has 37 heavy (non-hydrogen) atoms. The Morgan fingerprint density at radius 2 is 1.86 bits per heavy atom. The summed E-state index contributed by atoms with van der Waals surface area (Å²) in [6.07, 6.45) is -0.397. The first-order valence-electron chi connectivity index (χ1n) is 12.7. The predicted octanol–water partition coefficient (Wildman–Crippen LogP) is 8.67. The number of carbonyl (C=O) groups excluding carboxylic acids is 1. The van der Waals surface area contributed by atoms with Crippen molar-refractivity contribution in [3.05, 3.63) is 77.4 Å². The van der Waals surface area contributed by atoms with E-state index in [2.05, 4.69) is 23.3 Å². The molecule has 1 aliphatic carbocycles. The van der Waals surface area contributed by atoms with Crippen molar-refractivity contribution in [2.75, 3.05) is 5.32 Å². The quantitative estimate of drug-likeness (QED) is 0.250. The highest BCUT2D eigenvalue weighted by atomic mass is 32.2. The molecule has 4 aromatic rings. The van der Waals surface area contributed by atoms with Gasteiger partial charge in [0, 0.05) is 44.4 Å². The molecule has 6 rings (SSSR count). The number of alkyl halides is 3. The molecule has 1 amide bonds. The fourth-order valence-corrected chi connectivity index (χ4v) is 6.79. The fourth-order valence-electron chi connectivity index (χ4n) is 5.60. The van der Waals surface area contributed by atoms with E-state index in [1.54, 1.807) is 0 Å². The summed E-state index contributed by atoms with van der Waals surface area (Å²) in [5.41, 5.74) is 4.33. The maximum Gasteiger partial charge on any atom is 0.416 e. The normalized spacial score (nSPS) is 19.4. The first-order valence-corrected chi connectivity index (χ1v) is 13.5. The van der Waals surface area contributed by atoms with Gasteiger partial charge < -0.3 is 10.3 Å². The average Bonchev–Trinajstić information content (AvgIpc) is 3.31. The van der Waals surface area contributed by atoms with Gasteiger partial charge in [-0.2, -0.15) is 13.2 Å². The maximum atomic E-state index is 13.8. The molecule has 2 N–H and O–H groups in total. The molecule has 0 saturated heterocycles. The van der Waals surface area contributed by atoms with Crippen molar-refractivity contribution in [2.24, 2.45) is 11.8 Å². The zero-order valence-electron chi connectivity index (χ0n) is 20.4. The monoisotopic (exact) mass is 520 g/mol. The predicted molar refractivity (Wildman–Crippen MR) is 142 cm³/mol. The summed E-state index contributed by atoms with van der Waals surface area (Å²) >= 11 is 1.34. The number of para-hydroxylation sites is 1. The Morgan fingerprint density at radius 1 is 1.03 bits per heavy atom. The molecule has 3 nitrogen and oxygen atoms in total. The molecular formula is C30H27F3N2OS. The second kappa shape index (κ2) is 9.28. The number of hydrogen-bond acceptors (Lipinski definition) is 2. The van der Waals surface area contributed by atoms with Crippen LogP contribution in [0.1, 0.15) is 49.3 Å². The molecule has 7 heteroatoms. The largest absolute Gasteiger partial charge is 0.416 e. The van der Waals surface area contributed by atoms with Crippen LogP contribution in [0.2, 0.25) is 0 Å². The third kappa shape index (κ3) is 4.77. The van der Waals surface area contributed by atoms with Gasteiger partial charge in [-0.1, -0.05) is 61.9 Å². The van der Waals surface area contributed by atoms with Gasteiger partial charge in [-0.15, -0.1) is 0 Å². The molecule has 2 aliphatic rings. The molecule has 0 spiro atoms. The molecule has 2 unspecified atom stereocenters. The first-order chi connectivity index (χ1) is 17.7. The molecule has 1 aromatic heterocycles. The summed E-state index contributed by atoms with van der Waals surface area (Å²) in [6.45, 7) is 2.13. The Bertz CT molecular complexity index is 1470. The number of amides is 1. The van der Waals surface area contributed by atoms with Gasteiger partial charge in [0.25, 0.3) is 0 Å². The molecule has 2 atom stereocenters. The van der Waals surface area contributed by atoms with Gasteiger partial charge in [0.05, 0.1) is 5.56 Å². The lowest BCUT2D eigenvalue weighted by atomic mass is 9.82. The van der Waals surface area contributed by atoms with Crippen molar-refractivity contribution in [3.8, 4) is 11.3 Å². The molecule has 0 bridgehead atoms. The van der Waals surface area contributed by atoms with E-state index >= 15 is 0 Å². The van der Waals surface area contributed by atoms with Crippen molar-refractivity contribution in [1.29, 1.82) is 0 Å². The fraction of sp³-hybridized carbons (Fsp3) is 0.300. The Balaban J connectivity index is 1.34. The van der Waals surface area contributed by atoms with Crippen LogP contribution in [-0.4, -0.2) is 10.9 Å². The standard InChI is InChI=1S/C30H27F3N2OS/c1-17-5-4-7-21(11-17)29(36)35-26-15-22(30(31,32)33)16-28-23(26)12-20-10-9-19(14-27(20)37-28)25-13-18-6-2-3-8-24(18)34-25/h2-3,6,8-10,13-17,21,34H,4-5,7,11-12H2,1H3,(H,35,36). The Kier molecular flexibility index (Phi) is 6.06. The van der Waals surface area contributed by atoms with Crippen LogP contribution in [0.3, 0.4) is 0 Å². The zero-order chi connectivity index (χ0) is 25.7. The number of halogens is 3. The Labute approximate surface area is 217 Å². The Hall–Kier alpha value is -3.19. The van der Waals surface area contributed by atoms with Crippen LogP contribution < -0.4 is 5.32 Å². The molecule has 0 radical (unpaired) electrons. The lowest BCUT2D eigenvalue weighted by Gasteiger charge is -2.28. The Morgan fingerprint density at radius 3 is 2.65 bits per heavy atom. The summed E-state index contributed by atoms with van der Waals surface area (Å²) in [7, 11) is 0. The third-order valence-corrected chi connectivity index (χ3v) is 8.78. The summed E-state index contributed by atoms with van der Waals surface area (Å²) in [4.78, 5) is 18.0. The number of benzene rings is 3. The van der Waals surface area contributed by atoms with Crippen molar-refractivity contribution >= 4 is 34.3 Å². The van der Waals surface area contributed by atoms with Crippen molar-refractivity contribution < 1.29 is 18.0 Å². The van der Waals surface area contributed by atoms with Crippen LogP contribution in [0.25, 0.3) is 22.2 Å². The van der Waals surface area contributed by atoms with Gasteiger partial charge in [-0.3, -0.25) is 4.79 Å². The van der Waals surface area contributed by atoms with Crippen LogP contribution in [0.15, 0.2) is 70.5 Å². The lowest BCUT2D eigenvalue weighted by Crippen LogP contribution is -2.28. The second-order valence-electron chi connectivity index (χ2n) is 10.3. The van der Waals surface area contributed by atoms with Crippen molar-refractivity contribution in [3.63, 3.8) is 0 Å². The highest BCUT2D eigenvalue weighted by Gasteiger charge is 2.34. The van der Waals surface area contributed by atoms with Gasteiger partial charge in [0.2, 0.25) is 5.91 Å². The van der Waals surface area contributed by atoms with Crippen molar-refractivity contribution in [2.45, 2.75) is 55.0 Å². The number of nitrogens with one attached hydrogen (secondary N) is 2. The van der Waals surface area contributed by atoms with Gasteiger partial charge in [-0.25, -0.2) is 0 Å². The van der Waals surface area contributed by atoms with E-state index in [4.69, 9.17) is 0 Å². The van der Waals surface area contributed by atoms with Gasteiger partial charge in [0.1, 0.15) is 0 Å². The molecule has 1 aliphatic heterocycles. The molecule has 190 valence electrons. The summed E-state index contributed by atoms with van der Waals surface area (Å²) in [6, 6.07) is 18.6. The van der Waals surface area contributed by atoms with Crippen LogP contribution >= 0.6 is 11.8 Å². The van der Waals surface area contributed by atoms with Crippen molar-refractivity contribution in [1.82, 2.24) is 4.98 Å². The van der Waals surface area contributed by atoms with E-state index in [1.165, 1.54) is 17.8 Å². The number of aromatic nitrogens is 1. The van der Waals surface area contributed by atoms with E-state index in [9.17, 15) is 18.0 Å². The average molecular weight is 521 g/mol. The molecule has 1 saturated carbocycles. The smallest absolute Gasteiger partial charge is 0.355 e. The minimum atomic E-state index is -4.50. The van der Waals surface area contributed by atoms with E-state index in [1.807, 2.05) is 42.5 Å². The summed E-state index contributed by atoms with van der Waals surface area (Å²) in [5.74, 6) is 0.128. The number of aromatic amines is 1. The van der Waals surface area contributed by atoms with Crippen LogP contribution in [0, 0.1) is 11.8 Å². The molecular weight excluding hydrogens is 493 g/mol. The topological polar surface area (TPSA) is 44.9 Å². The summed E-state index contributed by atoms with van der Waals surface area (Å²) in [5, 5.41) is 4.01. The highest BCUT2D eigenvalue weighted by molar-refractivity contribution is 7.99. The first kappa shape index (κ1) is 24.2. The maximum absolute atomic E-state index is 13.8. The van der Waals surface area contributed by atoms with E-state index in [-0.39, 0.29) is 17.5 Å². The molecule has 3 aromatic carbocycles. The number of carbonyl (C=O) groups is 1. The van der Waals surface area contributed by atoms with Gasteiger partial charge in [-0.05, 0) is 65.8 Å². The highest BCUT2D eigenvalue weighted by Crippen LogP contribution is 2.46. The SMILES string of the molecule is CC1CCCC(C(=O)Nc2cc(C(F)(F)F)cc3c2Cc2ccc(-c4cc5ccccc5[nH]4)cc2S3)C1. The third-order valence-electron chi connectivity index (χ3n) is 7.60. The number of H-pyrrole nitrogens is 1. The van der Waals surface area contributed by atoms with Crippen LogP contribution in [0.4, 0.5) is 18.9 Å². The zero-order valence-corrected chi connectivity index (χ0v) is 21.2. The number of fused-ring (bicyclic) bond motifs is 3. The van der Waals surface area contributed by atoms with E-state index in [0.717, 1.165) is 69.9 Å². The lowest BCUT2D eigenvalue weighted by molar-refractivity contribution is -0.137. The number of rotatable bonds is 3.